The van der Waals surface area contributed by atoms with E-state index in [9.17, 15) is 0 Å². The third-order valence-corrected chi connectivity index (χ3v) is 21.5. The van der Waals surface area contributed by atoms with Crippen LogP contribution in [0, 0.1) is 46.6 Å². The SMILES string of the molecule is CC(C)[Si](C#CC(C#CC#CC(C#C[Si](C(C)C)(C(C)C)C(C)C)=C(Br)Br)=C(Br)Br)(C(C)C)C(C)C. The topological polar surface area (TPSA) is 0 Å². The fourth-order valence-corrected chi connectivity index (χ4v) is 16.9. The molecule has 0 aromatic rings. The molecule has 0 spiro atoms. The average molecular weight is 778 g/mol. The third-order valence-electron chi connectivity index (χ3n) is 7.36. The summed E-state index contributed by atoms with van der Waals surface area (Å²) in [7, 11) is -3.70. The molecule has 0 rings (SSSR count). The number of hydrogen-bond acceptors (Lipinski definition) is 0. The van der Waals surface area contributed by atoms with Crippen LogP contribution in [0.1, 0.15) is 83.1 Å². The number of allylic oxidation sites excluding steroid dienone is 2. The summed E-state index contributed by atoms with van der Waals surface area (Å²) in [6.07, 6.45) is 0. The van der Waals surface area contributed by atoms with Crippen molar-refractivity contribution in [3.05, 3.63) is 17.9 Å². The Morgan fingerprint density at radius 1 is 0.417 bits per heavy atom. The van der Waals surface area contributed by atoms with E-state index in [-0.39, 0.29) is 0 Å². The molecule has 6 heteroatoms. The highest BCUT2D eigenvalue weighted by Crippen LogP contribution is 2.42. The van der Waals surface area contributed by atoms with Gasteiger partial charge in [0.2, 0.25) is 0 Å². The third kappa shape index (κ3) is 9.37. The maximum Gasteiger partial charge on any atom is 0.146 e. The summed E-state index contributed by atoms with van der Waals surface area (Å²) in [6.45, 7) is 27.8. The minimum absolute atomic E-state index is 0.564. The molecule has 0 unspecified atom stereocenters. The standard InChI is InChI=1S/C30H42Br4Si2/c1-21(2)35(22(3)4,23(5)6)19-17-27(29(31)32)15-13-14-16-28(30(33)34)18-20-36(24(7)8,25(9)10)26(11)12/h21-26H,1-12H3. The van der Waals surface area contributed by atoms with Crippen molar-refractivity contribution >= 4 is 79.9 Å². The molecule has 0 radical (unpaired) electrons. The molecule has 0 atom stereocenters. The Kier molecular flexibility index (Phi) is 16.3. The highest BCUT2D eigenvalue weighted by molar-refractivity contribution is 9.28. The first kappa shape index (κ1) is 36.1. The Labute approximate surface area is 258 Å². The lowest BCUT2D eigenvalue weighted by atomic mass is 10.3. The quantitative estimate of drug-likeness (QED) is 0.186. The first-order valence-electron chi connectivity index (χ1n) is 12.7. The zero-order valence-corrected chi connectivity index (χ0v) is 32.3. The van der Waals surface area contributed by atoms with Crippen LogP contribution in [0.25, 0.3) is 0 Å². The van der Waals surface area contributed by atoms with Gasteiger partial charge >= 0.3 is 0 Å². The van der Waals surface area contributed by atoms with E-state index in [0.717, 1.165) is 17.9 Å². The highest BCUT2D eigenvalue weighted by atomic mass is 79.9. The van der Waals surface area contributed by atoms with Crippen molar-refractivity contribution in [3.8, 4) is 46.6 Å². The van der Waals surface area contributed by atoms with Crippen LogP contribution in [0.3, 0.4) is 0 Å². The zero-order valence-electron chi connectivity index (χ0n) is 24.0. The van der Waals surface area contributed by atoms with Crippen molar-refractivity contribution in [3.63, 3.8) is 0 Å². The van der Waals surface area contributed by atoms with Crippen molar-refractivity contribution in [1.29, 1.82) is 0 Å². The molecule has 36 heavy (non-hydrogen) atoms. The van der Waals surface area contributed by atoms with Crippen LogP contribution in [0.5, 0.6) is 0 Å². The Hall–Kier alpha value is 0.0738. The number of halogens is 4. The van der Waals surface area contributed by atoms with Gasteiger partial charge in [-0.15, -0.1) is 11.1 Å². The molecule has 0 N–H and O–H groups in total. The molecule has 0 amide bonds. The molecule has 0 bridgehead atoms. The first-order chi connectivity index (χ1) is 16.5. The molecular weight excluding hydrogens is 736 g/mol. The van der Waals surface area contributed by atoms with Crippen LogP contribution >= 0.6 is 63.7 Å². The summed E-state index contributed by atoms with van der Waals surface area (Å²) < 4.78 is 1.52. The zero-order chi connectivity index (χ0) is 28.4. The molecule has 0 nitrogen and oxygen atoms in total. The minimum Gasteiger partial charge on any atom is -0.124 e. The molecule has 0 fully saturated rings. The Balaban J connectivity index is 6.43. The fourth-order valence-electron chi connectivity index (χ4n) is 5.65. The predicted molar refractivity (Wildman–Crippen MR) is 183 cm³/mol. The Bertz CT molecular complexity index is 937. The molecule has 0 aliphatic heterocycles. The van der Waals surface area contributed by atoms with E-state index in [1.54, 1.807) is 0 Å². The molecule has 0 saturated heterocycles. The maximum absolute atomic E-state index is 3.73. The second-order valence-corrected chi connectivity index (χ2v) is 27.5. The van der Waals surface area contributed by atoms with Gasteiger partial charge in [-0.2, -0.15) is 0 Å². The monoisotopic (exact) mass is 774 g/mol. The molecule has 0 aliphatic carbocycles. The van der Waals surface area contributed by atoms with Crippen LogP contribution in [0.2, 0.25) is 33.2 Å². The molecule has 0 aromatic carbocycles. The lowest BCUT2D eigenvalue weighted by Gasteiger charge is -2.38. The van der Waals surface area contributed by atoms with E-state index in [1.165, 1.54) is 0 Å². The van der Waals surface area contributed by atoms with E-state index >= 15 is 0 Å². The van der Waals surface area contributed by atoms with Gasteiger partial charge in [-0.1, -0.05) is 94.9 Å². The van der Waals surface area contributed by atoms with E-state index < -0.39 is 16.1 Å². The molecule has 0 aromatic heterocycles. The summed E-state index contributed by atoms with van der Waals surface area (Å²) >= 11 is 14.1. The van der Waals surface area contributed by atoms with Gasteiger partial charge in [0.1, 0.15) is 16.1 Å². The largest absolute Gasteiger partial charge is 0.146 e. The average Bonchev–Trinajstić information content (AvgIpc) is 2.72. The lowest BCUT2D eigenvalue weighted by Crippen LogP contribution is -2.43. The molecule has 0 saturated carbocycles. The summed E-state index contributed by atoms with van der Waals surface area (Å²) in [6, 6.07) is 0. The van der Waals surface area contributed by atoms with Gasteiger partial charge in [0, 0.05) is 0 Å². The lowest BCUT2D eigenvalue weighted by molar-refractivity contribution is 0.838. The minimum atomic E-state index is -1.85. The van der Waals surface area contributed by atoms with Gasteiger partial charge in [-0.05, 0) is 121 Å². The maximum atomic E-state index is 3.73. The Morgan fingerprint density at radius 3 is 0.806 bits per heavy atom. The molecule has 198 valence electrons. The van der Waals surface area contributed by atoms with Crippen LogP contribution in [-0.4, -0.2) is 16.1 Å². The van der Waals surface area contributed by atoms with Crippen molar-refractivity contribution in [2.75, 3.05) is 0 Å². The van der Waals surface area contributed by atoms with Gasteiger partial charge in [-0.25, -0.2) is 0 Å². The second kappa shape index (κ2) is 16.2. The highest BCUT2D eigenvalue weighted by Gasteiger charge is 2.42. The van der Waals surface area contributed by atoms with Gasteiger partial charge in [0.25, 0.3) is 0 Å². The van der Waals surface area contributed by atoms with Crippen molar-refractivity contribution in [1.82, 2.24) is 0 Å². The van der Waals surface area contributed by atoms with E-state index in [4.69, 9.17) is 0 Å². The van der Waals surface area contributed by atoms with Crippen LogP contribution in [0.15, 0.2) is 17.9 Å². The van der Waals surface area contributed by atoms with Crippen molar-refractivity contribution in [2.24, 2.45) is 0 Å². The van der Waals surface area contributed by atoms with Crippen LogP contribution < -0.4 is 0 Å². The number of rotatable bonds is 6. The van der Waals surface area contributed by atoms with Crippen molar-refractivity contribution in [2.45, 2.75) is 116 Å². The van der Waals surface area contributed by atoms with E-state index in [1.807, 2.05) is 0 Å². The van der Waals surface area contributed by atoms with Crippen molar-refractivity contribution < 1.29 is 0 Å². The van der Waals surface area contributed by atoms with Gasteiger partial charge in [0.05, 0.1) is 17.9 Å². The van der Waals surface area contributed by atoms with Gasteiger partial charge in [-0.3, -0.25) is 0 Å². The summed E-state index contributed by atoms with van der Waals surface area (Å²) in [5, 5.41) is 0. The first-order valence-corrected chi connectivity index (χ1v) is 20.3. The van der Waals surface area contributed by atoms with Gasteiger partial charge < -0.3 is 0 Å². The van der Waals surface area contributed by atoms with Crippen LogP contribution in [0.4, 0.5) is 0 Å². The predicted octanol–water partition coefficient (Wildman–Crippen LogP) is 11.4. The second-order valence-electron chi connectivity index (χ2n) is 11.1. The summed E-state index contributed by atoms with van der Waals surface area (Å²) in [5.41, 5.74) is 12.3. The van der Waals surface area contributed by atoms with E-state index in [2.05, 4.69) is 193 Å². The normalized spacial score (nSPS) is 11.4. The molecular formula is C30H42Br4Si2. The molecule has 0 heterocycles. The fraction of sp³-hybridized carbons (Fsp3) is 0.600. The summed E-state index contributed by atoms with van der Waals surface area (Å²) in [5.74, 6) is 19.1. The van der Waals surface area contributed by atoms with Gasteiger partial charge in [0.15, 0.2) is 0 Å². The summed E-state index contributed by atoms with van der Waals surface area (Å²) in [4.78, 5) is 0. The number of hydrogen-bond donors (Lipinski definition) is 0. The smallest absolute Gasteiger partial charge is 0.124 e. The molecule has 0 aliphatic rings. The van der Waals surface area contributed by atoms with Crippen LogP contribution in [-0.2, 0) is 0 Å². The Morgan fingerprint density at radius 2 is 0.639 bits per heavy atom. The van der Waals surface area contributed by atoms with E-state index in [0.29, 0.717) is 33.2 Å².